The number of urea groups is 1. The summed E-state index contributed by atoms with van der Waals surface area (Å²) < 4.78 is 19.1. The number of aryl methyl sites for hydroxylation is 1. The van der Waals surface area contributed by atoms with Crippen LogP contribution in [-0.4, -0.2) is 42.3 Å². The molecule has 2 heterocycles. The van der Waals surface area contributed by atoms with Crippen molar-refractivity contribution in [3.8, 4) is 0 Å². The van der Waals surface area contributed by atoms with Crippen molar-refractivity contribution in [3.63, 3.8) is 0 Å². The lowest BCUT2D eigenvalue weighted by molar-refractivity contribution is 0.0639. The fourth-order valence-electron chi connectivity index (χ4n) is 4.39. The fraction of sp³-hybridized carbons (Fsp3) is 0.435. The third-order valence-corrected chi connectivity index (χ3v) is 5.94. The molecule has 31 heavy (non-hydrogen) atoms. The van der Waals surface area contributed by atoms with Crippen molar-refractivity contribution in [2.45, 2.75) is 39.0 Å². The van der Waals surface area contributed by atoms with Crippen molar-refractivity contribution in [3.05, 3.63) is 52.7 Å². The van der Waals surface area contributed by atoms with Gasteiger partial charge in [0.25, 0.3) is 5.91 Å². The van der Waals surface area contributed by atoms with Crippen LogP contribution in [0.5, 0.6) is 0 Å². The largest absolute Gasteiger partial charge is 0.455 e. The van der Waals surface area contributed by atoms with Crippen molar-refractivity contribution in [1.82, 2.24) is 10.2 Å². The molecule has 2 N–H and O–H groups in total. The van der Waals surface area contributed by atoms with Gasteiger partial charge in [-0.15, -0.1) is 0 Å². The molecule has 0 bridgehead atoms. The van der Waals surface area contributed by atoms with E-state index in [1.807, 2.05) is 0 Å². The van der Waals surface area contributed by atoms with Gasteiger partial charge in [0.2, 0.25) is 0 Å². The maximum Gasteiger partial charge on any atom is 0.319 e. The lowest BCUT2D eigenvalue weighted by Gasteiger charge is -2.32. The Hall–Kier alpha value is -3.16. The summed E-state index contributed by atoms with van der Waals surface area (Å²) in [6.45, 7) is 3.29. The van der Waals surface area contributed by atoms with E-state index in [1.165, 1.54) is 18.2 Å². The molecule has 0 spiro atoms. The molecule has 1 unspecified atom stereocenters. The molecule has 0 saturated carbocycles. The molecule has 7 nitrogen and oxygen atoms in total. The van der Waals surface area contributed by atoms with E-state index in [1.54, 1.807) is 17.9 Å². The Morgan fingerprint density at radius 1 is 1.26 bits per heavy atom. The number of furan rings is 1. The first-order chi connectivity index (χ1) is 14.9. The summed E-state index contributed by atoms with van der Waals surface area (Å²) in [6.07, 6.45) is 3.64. The molecule has 1 aromatic carbocycles. The number of benzene rings is 1. The number of likely N-dealkylation sites (tertiary alicyclic amines) is 1. The molecule has 2 aromatic rings. The molecular formula is C23H26FN3O4. The summed E-state index contributed by atoms with van der Waals surface area (Å²) in [5, 5.41) is 5.40. The summed E-state index contributed by atoms with van der Waals surface area (Å²) >= 11 is 0. The standard InChI is InChI=1S/C23H26FN3O4/c1-14-20-18(28)8-3-9-19(20)31-21(14)22(29)27-10-4-5-15(13-27)12-25-23(30)26-17-7-2-6-16(24)11-17/h2,6-7,11,15H,3-5,8-10,12-13H2,1H3,(H2,25,26,30). The zero-order valence-corrected chi connectivity index (χ0v) is 17.5. The van der Waals surface area contributed by atoms with Gasteiger partial charge in [-0.1, -0.05) is 6.07 Å². The Balaban J connectivity index is 1.35. The van der Waals surface area contributed by atoms with E-state index in [9.17, 15) is 18.8 Å². The van der Waals surface area contributed by atoms with Crippen LogP contribution >= 0.6 is 0 Å². The molecule has 1 aliphatic heterocycles. The monoisotopic (exact) mass is 427 g/mol. The predicted octanol–water partition coefficient (Wildman–Crippen LogP) is 3.92. The molecule has 1 aromatic heterocycles. The number of hydrogen-bond donors (Lipinski definition) is 2. The molecule has 2 aliphatic rings. The first-order valence-electron chi connectivity index (χ1n) is 10.7. The highest BCUT2D eigenvalue weighted by atomic mass is 19.1. The van der Waals surface area contributed by atoms with E-state index in [0.29, 0.717) is 55.1 Å². The SMILES string of the molecule is Cc1c(C(=O)N2CCCC(CNC(=O)Nc3cccc(F)c3)C2)oc2c1C(=O)CCC2. The van der Waals surface area contributed by atoms with Crippen molar-refractivity contribution >= 4 is 23.4 Å². The van der Waals surface area contributed by atoms with Gasteiger partial charge in [-0.05, 0) is 50.3 Å². The minimum atomic E-state index is -0.421. The number of hydrogen-bond acceptors (Lipinski definition) is 4. The van der Waals surface area contributed by atoms with Crippen molar-refractivity contribution in [1.29, 1.82) is 0 Å². The Morgan fingerprint density at radius 3 is 2.87 bits per heavy atom. The van der Waals surface area contributed by atoms with E-state index >= 15 is 0 Å². The highest BCUT2D eigenvalue weighted by Crippen LogP contribution is 2.30. The van der Waals surface area contributed by atoms with Crippen LogP contribution in [0.2, 0.25) is 0 Å². The second-order valence-corrected chi connectivity index (χ2v) is 8.24. The van der Waals surface area contributed by atoms with E-state index in [4.69, 9.17) is 4.42 Å². The Morgan fingerprint density at radius 2 is 2.10 bits per heavy atom. The summed E-state index contributed by atoms with van der Waals surface area (Å²) in [5.74, 6) is 0.414. The molecule has 3 amide bonds. The minimum absolute atomic E-state index is 0.0478. The molecule has 164 valence electrons. The first kappa shape index (κ1) is 21.1. The quantitative estimate of drug-likeness (QED) is 0.774. The van der Waals surface area contributed by atoms with E-state index < -0.39 is 11.8 Å². The molecule has 8 heteroatoms. The lowest BCUT2D eigenvalue weighted by Crippen LogP contribution is -2.44. The summed E-state index contributed by atoms with van der Waals surface area (Å²) in [5.41, 5.74) is 1.60. The van der Waals surface area contributed by atoms with E-state index in [0.717, 1.165) is 19.3 Å². The molecule has 1 atom stereocenters. The number of nitrogens with one attached hydrogen (secondary N) is 2. The number of halogens is 1. The predicted molar refractivity (Wildman–Crippen MR) is 113 cm³/mol. The molecule has 0 radical (unpaired) electrons. The highest BCUT2D eigenvalue weighted by Gasteiger charge is 2.32. The molecular weight excluding hydrogens is 401 g/mol. The molecule has 1 fully saturated rings. The van der Waals surface area contributed by atoms with Gasteiger partial charge < -0.3 is 20.0 Å². The number of fused-ring (bicyclic) bond motifs is 1. The van der Waals surface area contributed by atoms with Gasteiger partial charge in [-0.25, -0.2) is 9.18 Å². The van der Waals surface area contributed by atoms with Gasteiger partial charge in [0, 0.05) is 43.7 Å². The van der Waals surface area contributed by atoms with E-state index in [2.05, 4.69) is 10.6 Å². The van der Waals surface area contributed by atoms with Crippen LogP contribution < -0.4 is 10.6 Å². The van der Waals surface area contributed by atoms with E-state index in [-0.39, 0.29) is 23.4 Å². The van der Waals surface area contributed by atoms with Crippen LogP contribution in [0.15, 0.2) is 28.7 Å². The third-order valence-electron chi connectivity index (χ3n) is 5.94. The van der Waals surface area contributed by atoms with Gasteiger partial charge in [0.05, 0.1) is 5.56 Å². The Bertz CT molecular complexity index is 1020. The van der Waals surface area contributed by atoms with Gasteiger partial charge in [-0.2, -0.15) is 0 Å². The highest BCUT2D eigenvalue weighted by molar-refractivity contribution is 6.03. The van der Waals surface area contributed by atoms with Crippen molar-refractivity contribution in [2.75, 3.05) is 25.0 Å². The van der Waals surface area contributed by atoms with Gasteiger partial charge in [0.1, 0.15) is 11.6 Å². The van der Waals surface area contributed by atoms with Crippen LogP contribution in [-0.2, 0) is 6.42 Å². The number of carbonyl (C=O) groups is 3. The maximum absolute atomic E-state index is 13.2. The number of carbonyl (C=O) groups excluding carboxylic acids is 3. The van der Waals surface area contributed by atoms with Gasteiger partial charge in [0.15, 0.2) is 11.5 Å². The summed E-state index contributed by atoms with van der Waals surface area (Å²) in [4.78, 5) is 39.2. The average Bonchev–Trinajstić information content (AvgIpc) is 3.09. The number of rotatable bonds is 4. The molecule has 4 rings (SSSR count). The van der Waals surface area contributed by atoms with Crippen LogP contribution in [0.4, 0.5) is 14.9 Å². The van der Waals surface area contributed by atoms with Crippen LogP contribution in [0.3, 0.4) is 0 Å². The lowest BCUT2D eigenvalue weighted by atomic mass is 9.93. The second kappa shape index (κ2) is 8.91. The zero-order chi connectivity index (χ0) is 22.0. The number of Topliss-reactive ketones (excluding diaryl/α,β-unsaturated/α-hetero) is 1. The first-order valence-corrected chi connectivity index (χ1v) is 10.7. The summed E-state index contributed by atoms with van der Waals surface area (Å²) in [7, 11) is 0. The van der Waals surface area contributed by atoms with Crippen LogP contribution in [0, 0.1) is 18.7 Å². The van der Waals surface area contributed by atoms with Crippen LogP contribution in [0.1, 0.15) is 57.9 Å². The smallest absolute Gasteiger partial charge is 0.319 e. The number of nitrogens with zero attached hydrogens (tertiary/aromatic N) is 1. The number of ketones is 1. The van der Waals surface area contributed by atoms with Gasteiger partial charge in [-0.3, -0.25) is 9.59 Å². The molecule has 1 aliphatic carbocycles. The Labute approximate surface area is 180 Å². The third kappa shape index (κ3) is 4.62. The number of anilines is 1. The van der Waals surface area contributed by atoms with Crippen molar-refractivity contribution in [2.24, 2.45) is 5.92 Å². The molecule has 1 saturated heterocycles. The Kier molecular flexibility index (Phi) is 6.06. The zero-order valence-electron chi connectivity index (χ0n) is 17.5. The number of piperidine rings is 1. The van der Waals surface area contributed by atoms with Crippen molar-refractivity contribution < 1.29 is 23.2 Å². The minimum Gasteiger partial charge on any atom is -0.455 e. The van der Waals surface area contributed by atoms with Crippen LogP contribution in [0.25, 0.3) is 0 Å². The topological polar surface area (TPSA) is 91.7 Å². The maximum atomic E-state index is 13.2. The fourth-order valence-corrected chi connectivity index (χ4v) is 4.39. The normalized spacial score (nSPS) is 18.5. The summed E-state index contributed by atoms with van der Waals surface area (Å²) in [6, 6.07) is 5.28. The number of amides is 3. The van der Waals surface area contributed by atoms with Gasteiger partial charge >= 0.3 is 6.03 Å². The second-order valence-electron chi connectivity index (χ2n) is 8.24. The average molecular weight is 427 g/mol.